The average Bonchev–Trinajstić information content (AvgIpc) is 3.82. The molecular weight excluding hydrogens is 725 g/mol. The summed E-state index contributed by atoms with van der Waals surface area (Å²) in [6.45, 7) is 1.47. The molecule has 5 amide bonds. The molecule has 294 valence electrons. The van der Waals surface area contributed by atoms with Gasteiger partial charge >= 0.3 is 0 Å². The molecule has 0 aliphatic carbocycles. The van der Waals surface area contributed by atoms with E-state index in [0.717, 1.165) is 38.5 Å². The fraction of sp³-hybridized carbons (Fsp3) is 0.233. The third-order valence-corrected chi connectivity index (χ3v) is 9.89. The Labute approximate surface area is 328 Å². The Balaban J connectivity index is 1.19. The van der Waals surface area contributed by atoms with E-state index in [1.54, 1.807) is 24.5 Å². The number of primary amides is 1. The first-order chi connectivity index (χ1) is 27.4. The van der Waals surface area contributed by atoms with Crippen molar-refractivity contribution in [3.8, 4) is 5.75 Å². The summed E-state index contributed by atoms with van der Waals surface area (Å²) in [7, 11) is 0. The molecule has 0 saturated carbocycles. The van der Waals surface area contributed by atoms with Crippen LogP contribution in [0.3, 0.4) is 0 Å². The molecule has 0 fully saturated rings. The quantitative estimate of drug-likeness (QED) is 0.0671. The van der Waals surface area contributed by atoms with Gasteiger partial charge in [0.1, 0.15) is 29.9 Å². The smallest absolute Gasteiger partial charge is 0.243 e. The van der Waals surface area contributed by atoms with Crippen molar-refractivity contribution < 1.29 is 29.1 Å². The van der Waals surface area contributed by atoms with Gasteiger partial charge in [0.2, 0.25) is 29.5 Å². The van der Waals surface area contributed by atoms with Crippen LogP contribution in [-0.4, -0.2) is 74.8 Å². The summed E-state index contributed by atoms with van der Waals surface area (Å²) >= 11 is 0. The molecule has 2 heterocycles. The number of aromatic hydroxyl groups is 1. The van der Waals surface area contributed by atoms with E-state index in [-0.39, 0.29) is 31.4 Å². The molecule has 0 bridgehead atoms. The van der Waals surface area contributed by atoms with Gasteiger partial charge in [-0.15, -0.1) is 0 Å². The molecule has 4 aromatic carbocycles. The number of fused-ring (bicyclic) bond motifs is 2. The SMILES string of the molecule is C[C@H](NC(=O)[C@H](Cc1c[nH]c2ccccc12)NC(=O)[C@H](N)Cc1ccc(O)cc1)C(=O)N[C@H](Cc1c[nH]c2ccccc12)C(=O)N[C@H](Cc1ccccc1)C(N)=O. The lowest BCUT2D eigenvalue weighted by atomic mass is 10.0. The Hall–Kier alpha value is -6.93. The highest BCUT2D eigenvalue weighted by Crippen LogP contribution is 2.21. The number of aromatic nitrogens is 2. The molecule has 5 atom stereocenters. The van der Waals surface area contributed by atoms with Gasteiger partial charge in [-0.05, 0) is 59.9 Å². The van der Waals surface area contributed by atoms with E-state index in [1.807, 2.05) is 78.9 Å². The molecule has 6 aromatic rings. The first kappa shape index (κ1) is 39.8. The van der Waals surface area contributed by atoms with Crippen LogP contribution in [0.15, 0.2) is 116 Å². The first-order valence-electron chi connectivity index (χ1n) is 18.6. The van der Waals surface area contributed by atoms with Gasteiger partial charge in [-0.25, -0.2) is 0 Å². The van der Waals surface area contributed by atoms with E-state index >= 15 is 0 Å². The first-order valence-corrected chi connectivity index (χ1v) is 18.6. The summed E-state index contributed by atoms with van der Waals surface area (Å²) in [4.78, 5) is 74.0. The number of para-hydroxylation sites is 2. The maximum atomic E-state index is 14.0. The number of phenols is 1. The molecule has 57 heavy (non-hydrogen) atoms. The van der Waals surface area contributed by atoms with Crippen molar-refractivity contribution in [2.24, 2.45) is 11.5 Å². The minimum absolute atomic E-state index is 0.0528. The average molecular weight is 771 g/mol. The van der Waals surface area contributed by atoms with Crippen molar-refractivity contribution in [3.63, 3.8) is 0 Å². The van der Waals surface area contributed by atoms with E-state index in [1.165, 1.54) is 19.1 Å². The monoisotopic (exact) mass is 770 g/mol. The Morgan fingerprint density at radius 3 is 1.60 bits per heavy atom. The van der Waals surface area contributed by atoms with Gasteiger partial charge in [0.25, 0.3) is 0 Å². The van der Waals surface area contributed by atoms with Crippen LogP contribution in [0.2, 0.25) is 0 Å². The lowest BCUT2D eigenvalue weighted by Crippen LogP contribution is -2.59. The molecule has 0 spiro atoms. The number of hydrogen-bond donors (Lipinski definition) is 9. The fourth-order valence-electron chi connectivity index (χ4n) is 6.74. The second-order valence-electron chi connectivity index (χ2n) is 14.1. The Morgan fingerprint density at radius 2 is 1.04 bits per heavy atom. The summed E-state index contributed by atoms with van der Waals surface area (Å²) < 4.78 is 0. The van der Waals surface area contributed by atoms with Gasteiger partial charge in [-0.3, -0.25) is 24.0 Å². The van der Waals surface area contributed by atoms with Gasteiger partial charge in [-0.2, -0.15) is 0 Å². The molecule has 0 aliphatic heterocycles. The lowest BCUT2D eigenvalue weighted by molar-refractivity contribution is -0.134. The van der Waals surface area contributed by atoms with E-state index in [2.05, 4.69) is 31.2 Å². The zero-order valence-corrected chi connectivity index (χ0v) is 31.3. The summed E-state index contributed by atoms with van der Waals surface area (Å²) in [5.41, 5.74) is 16.7. The molecule has 11 N–H and O–H groups in total. The minimum atomic E-state index is -1.17. The second kappa shape index (κ2) is 18.1. The highest BCUT2D eigenvalue weighted by Gasteiger charge is 2.31. The molecule has 0 unspecified atom stereocenters. The van der Waals surface area contributed by atoms with Crippen LogP contribution < -0.4 is 32.7 Å². The maximum absolute atomic E-state index is 14.0. The van der Waals surface area contributed by atoms with Gasteiger partial charge in [0, 0.05) is 53.5 Å². The van der Waals surface area contributed by atoms with E-state index in [4.69, 9.17) is 11.5 Å². The minimum Gasteiger partial charge on any atom is -0.508 e. The highest BCUT2D eigenvalue weighted by atomic mass is 16.3. The normalized spacial score (nSPS) is 13.9. The lowest BCUT2D eigenvalue weighted by Gasteiger charge is -2.25. The maximum Gasteiger partial charge on any atom is 0.243 e. The summed E-state index contributed by atoms with van der Waals surface area (Å²) in [5, 5.41) is 22.3. The molecule has 0 saturated heterocycles. The molecule has 0 radical (unpaired) electrons. The molecule has 14 heteroatoms. The van der Waals surface area contributed by atoms with Crippen molar-refractivity contribution in [2.75, 3.05) is 0 Å². The van der Waals surface area contributed by atoms with Crippen LogP contribution in [0, 0.1) is 0 Å². The molecule has 2 aromatic heterocycles. The van der Waals surface area contributed by atoms with Crippen molar-refractivity contribution in [3.05, 3.63) is 138 Å². The van der Waals surface area contributed by atoms with Crippen LogP contribution in [-0.2, 0) is 49.7 Å². The van der Waals surface area contributed by atoms with Crippen molar-refractivity contribution in [1.29, 1.82) is 0 Å². The Morgan fingerprint density at radius 1 is 0.561 bits per heavy atom. The number of benzene rings is 4. The third kappa shape index (κ3) is 10.2. The number of carbonyl (C=O) groups excluding carboxylic acids is 5. The van der Waals surface area contributed by atoms with Gasteiger partial charge in [0.05, 0.1) is 6.04 Å². The van der Waals surface area contributed by atoms with Crippen LogP contribution in [0.1, 0.15) is 29.2 Å². The number of rotatable bonds is 17. The standard InChI is InChI=1S/C43H46N8O6/c1-25(48-42(56)37(21-28-23-46-34-13-7-5-11-31(28)34)51-41(55)33(44)19-27-15-17-30(52)18-16-27)40(54)50-38(22-29-24-47-35-14-8-6-12-32(29)35)43(57)49-36(39(45)53)20-26-9-3-2-4-10-26/h2-18,23-25,33,36-38,46-47,52H,19-22,44H2,1H3,(H2,45,53)(H,48,56)(H,49,57)(H,50,54)(H,51,55)/t25-,33+,36+,37-,38+/m0/s1. The number of hydrogen-bond acceptors (Lipinski definition) is 7. The topological polar surface area (TPSA) is 237 Å². The van der Waals surface area contributed by atoms with E-state index in [0.29, 0.717) is 5.56 Å². The number of nitrogens with two attached hydrogens (primary N) is 2. The molecule has 14 nitrogen and oxygen atoms in total. The van der Waals surface area contributed by atoms with Crippen molar-refractivity contribution in [2.45, 2.75) is 62.8 Å². The zero-order valence-electron chi connectivity index (χ0n) is 31.3. The second-order valence-corrected chi connectivity index (χ2v) is 14.1. The van der Waals surface area contributed by atoms with Crippen LogP contribution in [0.4, 0.5) is 0 Å². The molecular formula is C43H46N8O6. The van der Waals surface area contributed by atoms with Gasteiger partial charge in [0.15, 0.2) is 0 Å². The van der Waals surface area contributed by atoms with Crippen molar-refractivity contribution in [1.82, 2.24) is 31.2 Å². The fourth-order valence-corrected chi connectivity index (χ4v) is 6.74. The predicted molar refractivity (Wildman–Crippen MR) is 217 cm³/mol. The van der Waals surface area contributed by atoms with Crippen LogP contribution in [0.25, 0.3) is 21.8 Å². The highest BCUT2D eigenvalue weighted by molar-refractivity contribution is 5.96. The Bertz CT molecular complexity index is 2360. The number of aromatic amines is 2. The van der Waals surface area contributed by atoms with Crippen LogP contribution >= 0.6 is 0 Å². The summed E-state index contributed by atoms with van der Waals surface area (Å²) in [6.07, 6.45) is 3.93. The molecule has 6 rings (SSSR count). The molecule has 0 aliphatic rings. The summed E-state index contributed by atoms with van der Waals surface area (Å²) in [5.74, 6) is -3.22. The number of nitrogens with one attached hydrogen (secondary N) is 6. The number of amides is 5. The Kier molecular flexibility index (Phi) is 12.6. The zero-order chi connectivity index (χ0) is 40.5. The predicted octanol–water partition coefficient (Wildman–Crippen LogP) is 2.40. The van der Waals surface area contributed by atoms with E-state index < -0.39 is 59.7 Å². The largest absolute Gasteiger partial charge is 0.508 e. The third-order valence-electron chi connectivity index (χ3n) is 9.89. The van der Waals surface area contributed by atoms with Crippen LogP contribution in [0.5, 0.6) is 5.75 Å². The number of H-pyrrole nitrogens is 2. The number of carbonyl (C=O) groups is 5. The van der Waals surface area contributed by atoms with E-state index in [9.17, 15) is 29.1 Å². The van der Waals surface area contributed by atoms with Crippen molar-refractivity contribution >= 4 is 51.3 Å². The van der Waals surface area contributed by atoms with Gasteiger partial charge < -0.3 is 47.8 Å². The summed E-state index contributed by atoms with van der Waals surface area (Å²) in [6, 6.07) is 24.9. The van der Waals surface area contributed by atoms with Gasteiger partial charge in [-0.1, -0.05) is 78.9 Å². The number of phenolic OH excluding ortho intramolecular Hbond substituents is 1.